The lowest BCUT2D eigenvalue weighted by Gasteiger charge is -2.14. The van der Waals surface area contributed by atoms with Gasteiger partial charge in [-0.3, -0.25) is 14.6 Å². The maximum Gasteiger partial charge on any atom is 0.416 e. The third-order valence-electron chi connectivity index (χ3n) is 3.50. The fraction of sp³-hybridized carbons (Fsp3) is 0.375. The second kappa shape index (κ2) is 7.98. The van der Waals surface area contributed by atoms with E-state index in [0.717, 1.165) is 24.3 Å². The Morgan fingerprint density at radius 2 is 1.92 bits per heavy atom. The van der Waals surface area contributed by atoms with Crippen LogP contribution in [0.15, 0.2) is 29.3 Å². The Morgan fingerprint density at radius 1 is 1.27 bits per heavy atom. The van der Waals surface area contributed by atoms with E-state index in [9.17, 15) is 27.6 Å². The van der Waals surface area contributed by atoms with Gasteiger partial charge in [0.1, 0.15) is 11.8 Å². The Kier molecular flexibility index (Phi) is 5.96. The van der Waals surface area contributed by atoms with Crippen molar-refractivity contribution >= 4 is 23.6 Å². The smallest absolute Gasteiger partial charge is 0.416 e. The maximum absolute atomic E-state index is 12.5. The number of halogens is 3. The van der Waals surface area contributed by atoms with Crippen LogP contribution in [0.1, 0.15) is 22.3 Å². The first-order valence-electron chi connectivity index (χ1n) is 7.47. The van der Waals surface area contributed by atoms with Gasteiger partial charge in [-0.25, -0.2) is 4.79 Å². The Labute approximate surface area is 146 Å². The first-order valence-corrected chi connectivity index (χ1v) is 7.47. The monoisotopic (exact) mass is 372 g/mol. The number of alkyl halides is 3. The Balaban J connectivity index is 2.01. The SMILES string of the molecule is COC(=O)CC1=NC[C@@H](OC(=O)c2ccc(C(F)(F)F)cc2)CNC1=O. The molecule has 26 heavy (non-hydrogen) atoms. The number of hydrogen-bond donors (Lipinski definition) is 1. The molecular formula is C16H15F3N2O5. The van der Waals surface area contributed by atoms with E-state index in [4.69, 9.17) is 4.74 Å². The summed E-state index contributed by atoms with van der Waals surface area (Å²) in [6, 6.07) is 3.56. The number of esters is 2. The number of nitrogens with one attached hydrogen (secondary N) is 1. The first kappa shape index (κ1) is 19.4. The molecule has 0 aromatic heterocycles. The summed E-state index contributed by atoms with van der Waals surface area (Å²) >= 11 is 0. The largest absolute Gasteiger partial charge is 0.469 e. The summed E-state index contributed by atoms with van der Waals surface area (Å²) in [5.41, 5.74) is -0.995. The van der Waals surface area contributed by atoms with Crippen molar-refractivity contribution < 1.29 is 37.0 Å². The molecule has 1 heterocycles. The van der Waals surface area contributed by atoms with Crippen molar-refractivity contribution in [3.63, 3.8) is 0 Å². The van der Waals surface area contributed by atoms with E-state index in [0.29, 0.717) is 0 Å². The average Bonchev–Trinajstić information content (AvgIpc) is 2.77. The van der Waals surface area contributed by atoms with Crippen LogP contribution in [0.3, 0.4) is 0 Å². The standard InChI is InChI=1S/C16H15F3N2O5/c1-25-13(22)6-12-14(23)21-8-11(7-20-12)26-15(24)9-2-4-10(5-3-9)16(17,18)19/h2-5,11H,6-8H2,1H3,(H,21,23)/t11-/m1/s1. The third kappa shape index (κ3) is 5.04. The minimum absolute atomic E-state index is 0.0423. The first-order chi connectivity index (χ1) is 12.2. The fourth-order valence-electron chi connectivity index (χ4n) is 2.10. The van der Waals surface area contributed by atoms with Crippen molar-refractivity contribution in [2.45, 2.75) is 18.7 Å². The number of benzene rings is 1. The molecule has 7 nitrogen and oxygen atoms in total. The molecule has 1 atom stereocenters. The summed E-state index contributed by atoms with van der Waals surface area (Å²) in [5.74, 6) is -2.06. The zero-order chi connectivity index (χ0) is 19.3. The molecule has 1 amide bonds. The second-order valence-electron chi connectivity index (χ2n) is 5.35. The minimum Gasteiger partial charge on any atom is -0.469 e. The van der Waals surface area contributed by atoms with E-state index >= 15 is 0 Å². The number of carbonyl (C=O) groups excluding carboxylic acids is 3. The van der Waals surface area contributed by atoms with Gasteiger partial charge in [0, 0.05) is 0 Å². The molecule has 1 aliphatic heterocycles. The van der Waals surface area contributed by atoms with Crippen molar-refractivity contribution in [3.05, 3.63) is 35.4 Å². The summed E-state index contributed by atoms with van der Waals surface area (Å²) in [7, 11) is 1.17. The lowest BCUT2D eigenvalue weighted by molar-refractivity contribution is -0.139. The van der Waals surface area contributed by atoms with E-state index in [1.807, 2.05) is 0 Å². The van der Waals surface area contributed by atoms with E-state index in [1.165, 1.54) is 7.11 Å². The molecule has 10 heteroatoms. The zero-order valence-electron chi connectivity index (χ0n) is 13.6. The molecule has 0 bridgehead atoms. The number of amides is 1. The Hall–Kier alpha value is -2.91. The number of methoxy groups -OCH3 is 1. The molecule has 0 unspecified atom stereocenters. The lowest BCUT2D eigenvalue weighted by Crippen LogP contribution is -2.36. The summed E-state index contributed by atoms with van der Waals surface area (Å²) in [5, 5.41) is 2.46. The predicted molar refractivity (Wildman–Crippen MR) is 82.6 cm³/mol. The number of hydrogen-bond acceptors (Lipinski definition) is 6. The highest BCUT2D eigenvalue weighted by atomic mass is 19.4. The predicted octanol–water partition coefficient (Wildman–Crippen LogP) is 1.36. The molecule has 1 N–H and O–H groups in total. The summed E-state index contributed by atoms with van der Waals surface area (Å²) < 4.78 is 47.2. The molecule has 0 radical (unpaired) electrons. The van der Waals surface area contributed by atoms with Gasteiger partial charge >= 0.3 is 18.1 Å². The van der Waals surface area contributed by atoms with E-state index in [1.54, 1.807) is 0 Å². The summed E-state index contributed by atoms with van der Waals surface area (Å²) in [6.07, 6.45) is -5.63. The van der Waals surface area contributed by atoms with E-state index in [-0.39, 0.29) is 30.8 Å². The van der Waals surface area contributed by atoms with E-state index < -0.39 is 35.7 Å². The zero-order valence-corrected chi connectivity index (χ0v) is 13.6. The second-order valence-corrected chi connectivity index (χ2v) is 5.35. The van der Waals surface area contributed by atoms with Gasteiger partial charge < -0.3 is 14.8 Å². The molecule has 2 rings (SSSR count). The van der Waals surface area contributed by atoms with Crippen LogP contribution in [0.2, 0.25) is 0 Å². The molecular weight excluding hydrogens is 357 g/mol. The normalized spacial score (nSPS) is 17.6. The van der Waals surface area contributed by atoms with Gasteiger partial charge in [-0.2, -0.15) is 13.2 Å². The van der Waals surface area contributed by atoms with Crippen LogP contribution in [0, 0.1) is 0 Å². The quantitative estimate of drug-likeness (QED) is 0.806. The number of ether oxygens (including phenoxy) is 2. The van der Waals surface area contributed by atoms with Crippen LogP contribution in [0.5, 0.6) is 0 Å². The molecule has 0 fully saturated rings. The van der Waals surface area contributed by atoms with Crippen LogP contribution < -0.4 is 5.32 Å². The summed E-state index contributed by atoms with van der Waals surface area (Å²) in [6.45, 7) is -0.114. The molecule has 0 spiro atoms. The third-order valence-corrected chi connectivity index (χ3v) is 3.50. The highest BCUT2D eigenvalue weighted by Crippen LogP contribution is 2.29. The molecule has 140 valence electrons. The fourth-order valence-corrected chi connectivity index (χ4v) is 2.10. The van der Waals surface area contributed by atoms with Crippen LogP contribution in [-0.2, 0) is 25.2 Å². The van der Waals surface area contributed by atoms with E-state index in [2.05, 4.69) is 15.0 Å². The average molecular weight is 372 g/mol. The van der Waals surface area contributed by atoms with Crippen molar-refractivity contribution in [2.75, 3.05) is 20.2 Å². The van der Waals surface area contributed by atoms with Crippen LogP contribution in [0.25, 0.3) is 0 Å². The Morgan fingerprint density at radius 3 is 2.50 bits per heavy atom. The van der Waals surface area contributed by atoms with Crippen LogP contribution in [0.4, 0.5) is 13.2 Å². The van der Waals surface area contributed by atoms with Crippen LogP contribution >= 0.6 is 0 Å². The maximum atomic E-state index is 12.5. The van der Waals surface area contributed by atoms with Crippen LogP contribution in [-0.4, -0.2) is 49.9 Å². The highest BCUT2D eigenvalue weighted by Gasteiger charge is 2.30. The number of aliphatic imine (C=N–C) groups is 1. The summed E-state index contributed by atoms with van der Waals surface area (Å²) in [4.78, 5) is 39.0. The molecule has 0 saturated carbocycles. The number of carbonyl (C=O) groups is 3. The van der Waals surface area contributed by atoms with Crippen molar-refractivity contribution in [1.82, 2.24) is 5.32 Å². The number of nitrogens with zero attached hydrogens (tertiary/aromatic N) is 1. The molecule has 1 aromatic carbocycles. The van der Waals surface area contributed by atoms with Gasteiger partial charge in [0.05, 0.1) is 37.7 Å². The van der Waals surface area contributed by atoms with Gasteiger partial charge in [0.25, 0.3) is 5.91 Å². The van der Waals surface area contributed by atoms with Gasteiger partial charge in [-0.15, -0.1) is 0 Å². The van der Waals surface area contributed by atoms with Crippen molar-refractivity contribution in [3.8, 4) is 0 Å². The van der Waals surface area contributed by atoms with Crippen molar-refractivity contribution in [1.29, 1.82) is 0 Å². The van der Waals surface area contributed by atoms with Crippen molar-refractivity contribution in [2.24, 2.45) is 4.99 Å². The molecule has 0 saturated heterocycles. The molecule has 0 aliphatic carbocycles. The molecule has 1 aromatic rings. The lowest BCUT2D eigenvalue weighted by atomic mass is 10.1. The van der Waals surface area contributed by atoms with Gasteiger partial charge in [-0.1, -0.05) is 0 Å². The Bertz CT molecular complexity index is 728. The number of rotatable bonds is 4. The minimum atomic E-state index is -4.50. The highest BCUT2D eigenvalue weighted by molar-refractivity contribution is 6.41. The van der Waals surface area contributed by atoms with Gasteiger partial charge in [0.2, 0.25) is 0 Å². The van der Waals surface area contributed by atoms with Gasteiger partial charge in [0.15, 0.2) is 0 Å². The molecule has 1 aliphatic rings. The van der Waals surface area contributed by atoms with Gasteiger partial charge in [-0.05, 0) is 24.3 Å². The topological polar surface area (TPSA) is 94.1 Å².